The van der Waals surface area contributed by atoms with Crippen molar-refractivity contribution in [1.82, 2.24) is 10.2 Å². The Morgan fingerprint density at radius 2 is 1.83 bits per heavy atom. The summed E-state index contributed by atoms with van der Waals surface area (Å²) in [6.45, 7) is 11.4. The molecule has 0 saturated heterocycles. The molecule has 0 heterocycles. The lowest BCUT2D eigenvalue weighted by Gasteiger charge is -2.33. The largest absolute Gasteiger partial charge is 0.381 e. The lowest BCUT2D eigenvalue weighted by atomic mass is 9.93. The highest BCUT2D eigenvalue weighted by Crippen LogP contribution is 2.20. The fourth-order valence-corrected chi connectivity index (χ4v) is 3.05. The first-order valence-electron chi connectivity index (χ1n) is 7.56. The van der Waals surface area contributed by atoms with Crippen LogP contribution in [-0.4, -0.2) is 49.3 Å². The van der Waals surface area contributed by atoms with E-state index in [-0.39, 0.29) is 0 Å². The van der Waals surface area contributed by atoms with Crippen LogP contribution < -0.4 is 5.32 Å². The summed E-state index contributed by atoms with van der Waals surface area (Å²) in [6, 6.07) is 1.92. The number of ether oxygens (including phenoxy) is 1. The van der Waals surface area contributed by atoms with Gasteiger partial charge >= 0.3 is 0 Å². The Morgan fingerprint density at radius 3 is 2.39 bits per heavy atom. The topological polar surface area (TPSA) is 24.5 Å². The van der Waals surface area contributed by atoms with E-state index in [2.05, 4.69) is 37.9 Å². The summed E-state index contributed by atoms with van der Waals surface area (Å²) in [7, 11) is 1.84. The van der Waals surface area contributed by atoms with Gasteiger partial charge in [0.05, 0.1) is 6.10 Å². The minimum Gasteiger partial charge on any atom is -0.381 e. The van der Waals surface area contributed by atoms with Gasteiger partial charge in [0.15, 0.2) is 0 Å². The number of nitrogens with one attached hydrogen (secondary N) is 1. The van der Waals surface area contributed by atoms with Gasteiger partial charge < -0.3 is 10.1 Å². The van der Waals surface area contributed by atoms with Crippen molar-refractivity contribution >= 4 is 0 Å². The minimum absolute atomic E-state index is 0.475. The molecule has 2 atom stereocenters. The van der Waals surface area contributed by atoms with Crippen molar-refractivity contribution in [2.45, 2.75) is 77.6 Å². The SMILES string of the molecule is COC1CCCC(NCCN(C(C)C)C(C)C)C1. The van der Waals surface area contributed by atoms with Crippen LogP contribution in [0.2, 0.25) is 0 Å². The zero-order chi connectivity index (χ0) is 13.5. The molecule has 108 valence electrons. The molecule has 0 aromatic rings. The standard InChI is InChI=1S/C15H32N2O/c1-12(2)17(13(3)4)10-9-16-14-7-6-8-15(11-14)18-5/h12-16H,6-11H2,1-5H3. The molecule has 0 radical (unpaired) electrons. The first-order chi connectivity index (χ1) is 8.54. The molecule has 0 spiro atoms. The van der Waals surface area contributed by atoms with Crippen LogP contribution >= 0.6 is 0 Å². The van der Waals surface area contributed by atoms with Crippen molar-refractivity contribution in [3.05, 3.63) is 0 Å². The van der Waals surface area contributed by atoms with Gasteiger partial charge in [0, 0.05) is 38.3 Å². The second-order valence-electron chi connectivity index (χ2n) is 6.10. The summed E-state index contributed by atoms with van der Waals surface area (Å²) in [5.41, 5.74) is 0. The monoisotopic (exact) mass is 256 g/mol. The number of hydrogen-bond donors (Lipinski definition) is 1. The summed E-state index contributed by atoms with van der Waals surface area (Å²) < 4.78 is 5.47. The highest BCUT2D eigenvalue weighted by Gasteiger charge is 2.21. The average Bonchev–Trinajstić information content (AvgIpc) is 2.34. The van der Waals surface area contributed by atoms with Gasteiger partial charge in [-0.05, 0) is 53.4 Å². The number of methoxy groups -OCH3 is 1. The molecule has 0 aliphatic heterocycles. The van der Waals surface area contributed by atoms with Crippen LogP contribution in [0.5, 0.6) is 0 Å². The Bertz CT molecular complexity index is 211. The maximum atomic E-state index is 5.47. The summed E-state index contributed by atoms with van der Waals surface area (Å²) in [5, 5.41) is 3.70. The van der Waals surface area contributed by atoms with Crippen LogP contribution in [0.3, 0.4) is 0 Å². The Hall–Kier alpha value is -0.120. The van der Waals surface area contributed by atoms with Gasteiger partial charge in [0.1, 0.15) is 0 Å². The maximum Gasteiger partial charge on any atom is 0.0586 e. The van der Waals surface area contributed by atoms with E-state index in [1.165, 1.54) is 25.7 Å². The molecule has 1 aliphatic carbocycles. The van der Waals surface area contributed by atoms with Crippen molar-refractivity contribution in [2.75, 3.05) is 20.2 Å². The van der Waals surface area contributed by atoms with E-state index in [4.69, 9.17) is 4.74 Å². The molecule has 1 N–H and O–H groups in total. The van der Waals surface area contributed by atoms with E-state index >= 15 is 0 Å². The molecule has 3 heteroatoms. The van der Waals surface area contributed by atoms with Crippen LogP contribution in [0, 0.1) is 0 Å². The maximum absolute atomic E-state index is 5.47. The van der Waals surface area contributed by atoms with Crippen LogP contribution in [0.15, 0.2) is 0 Å². The molecular weight excluding hydrogens is 224 g/mol. The third-order valence-electron chi connectivity index (χ3n) is 4.09. The second-order valence-corrected chi connectivity index (χ2v) is 6.10. The molecule has 18 heavy (non-hydrogen) atoms. The molecule has 1 aliphatic rings. The Labute approximate surface area is 113 Å². The molecule has 3 nitrogen and oxygen atoms in total. The van der Waals surface area contributed by atoms with E-state index in [9.17, 15) is 0 Å². The zero-order valence-corrected chi connectivity index (χ0v) is 12.9. The molecule has 2 unspecified atom stereocenters. The molecule has 0 bridgehead atoms. The molecule has 0 aromatic heterocycles. The summed E-state index contributed by atoms with van der Waals surface area (Å²) in [4.78, 5) is 2.55. The van der Waals surface area contributed by atoms with E-state index in [0.29, 0.717) is 24.2 Å². The van der Waals surface area contributed by atoms with Crippen LogP contribution in [0.1, 0.15) is 53.4 Å². The highest BCUT2D eigenvalue weighted by molar-refractivity contribution is 4.79. The average molecular weight is 256 g/mol. The number of hydrogen-bond acceptors (Lipinski definition) is 3. The van der Waals surface area contributed by atoms with Crippen molar-refractivity contribution in [1.29, 1.82) is 0 Å². The first-order valence-corrected chi connectivity index (χ1v) is 7.56. The third-order valence-corrected chi connectivity index (χ3v) is 4.09. The van der Waals surface area contributed by atoms with E-state index in [1.807, 2.05) is 7.11 Å². The predicted molar refractivity (Wildman–Crippen MR) is 78.0 cm³/mol. The minimum atomic E-state index is 0.475. The fraction of sp³-hybridized carbons (Fsp3) is 1.00. The van der Waals surface area contributed by atoms with Crippen molar-refractivity contribution in [3.63, 3.8) is 0 Å². The van der Waals surface area contributed by atoms with Gasteiger partial charge in [0.2, 0.25) is 0 Å². The number of nitrogens with zero attached hydrogens (tertiary/aromatic N) is 1. The van der Waals surface area contributed by atoms with Gasteiger partial charge in [-0.15, -0.1) is 0 Å². The summed E-state index contributed by atoms with van der Waals surface area (Å²) >= 11 is 0. The second kappa shape index (κ2) is 8.13. The lowest BCUT2D eigenvalue weighted by Crippen LogP contribution is -2.44. The number of rotatable bonds is 7. The smallest absolute Gasteiger partial charge is 0.0586 e. The normalized spacial score (nSPS) is 25.3. The van der Waals surface area contributed by atoms with E-state index in [0.717, 1.165) is 13.1 Å². The van der Waals surface area contributed by atoms with Gasteiger partial charge in [0.25, 0.3) is 0 Å². The third kappa shape index (κ3) is 5.25. The van der Waals surface area contributed by atoms with Crippen LogP contribution in [-0.2, 0) is 4.74 Å². The van der Waals surface area contributed by atoms with E-state index in [1.54, 1.807) is 0 Å². The highest BCUT2D eigenvalue weighted by atomic mass is 16.5. The molecular formula is C15H32N2O. The fourth-order valence-electron chi connectivity index (χ4n) is 3.05. The molecule has 0 aromatic carbocycles. The predicted octanol–water partition coefficient (Wildman–Crippen LogP) is 2.65. The van der Waals surface area contributed by atoms with Crippen LogP contribution in [0.4, 0.5) is 0 Å². The van der Waals surface area contributed by atoms with Gasteiger partial charge in [-0.1, -0.05) is 0 Å². The molecule has 1 saturated carbocycles. The lowest BCUT2D eigenvalue weighted by molar-refractivity contribution is 0.0578. The Kier molecular flexibility index (Phi) is 7.20. The van der Waals surface area contributed by atoms with Gasteiger partial charge in [-0.2, -0.15) is 0 Å². The van der Waals surface area contributed by atoms with Crippen LogP contribution in [0.25, 0.3) is 0 Å². The first kappa shape index (κ1) is 15.9. The van der Waals surface area contributed by atoms with E-state index < -0.39 is 0 Å². The van der Waals surface area contributed by atoms with Crippen molar-refractivity contribution in [2.24, 2.45) is 0 Å². The molecule has 1 rings (SSSR count). The quantitative estimate of drug-likeness (QED) is 0.758. The summed E-state index contributed by atoms with van der Waals surface area (Å²) in [6.07, 6.45) is 5.50. The molecule has 0 amide bonds. The zero-order valence-electron chi connectivity index (χ0n) is 12.9. The van der Waals surface area contributed by atoms with Gasteiger partial charge in [-0.3, -0.25) is 4.90 Å². The molecule has 1 fully saturated rings. The Balaban J connectivity index is 2.23. The Morgan fingerprint density at radius 1 is 1.17 bits per heavy atom. The summed E-state index contributed by atoms with van der Waals surface area (Å²) in [5.74, 6) is 0. The van der Waals surface area contributed by atoms with Gasteiger partial charge in [-0.25, -0.2) is 0 Å². The van der Waals surface area contributed by atoms with Crippen molar-refractivity contribution in [3.8, 4) is 0 Å². The van der Waals surface area contributed by atoms with Crippen molar-refractivity contribution < 1.29 is 4.74 Å².